The molecule has 0 aliphatic carbocycles. The van der Waals surface area contributed by atoms with E-state index in [2.05, 4.69) is 0 Å². The number of rotatable bonds is 4. The number of benzene rings is 1. The fourth-order valence-electron chi connectivity index (χ4n) is 1.24. The van der Waals surface area contributed by atoms with Crippen molar-refractivity contribution in [2.45, 2.75) is 26.6 Å². The van der Waals surface area contributed by atoms with Gasteiger partial charge in [-0.3, -0.25) is 4.79 Å². The van der Waals surface area contributed by atoms with Gasteiger partial charge in [-0.05, 0) is 19.4 Å². The summed E-state index contributed by atoms with van der Waals surface area (Å²) < 4.78 is 5.39. The summed E-state index contributed by atoms with van der Waals surface area (Å²) >= 11 is 0. The van der Waals surface area contributed by atoms with E-state index in [0.29, 0.717) is 11.3 Å². The molecular formula is C11H15NO3. The Hall–Kier alpha value is -1.55. The van der Waals surface area contributed by atoms with Gasteiger partial charge in [-0.15, -0.1) is 0 Å². The van der Waals surface area contributed by atoms with Gasteiger partial charge in [0.05, 0.1) is 6.61 Å². The molecule has 0 heterocycles. The van der Waals surface area contributed by atoms with Crippen LogP contribution in [0.2, 0.25) is 0 Å². The normalized spacial score (nSPS) is 12.2. The number of aliphatic hydroxyl groups excluding tert-OH is 1. The van der Waals surface area contributed by atoms with Crippen LogP contribution >= 0.6 is 0 Å². The van der Waals surface area contributed by atoms with Gasteiger partial charge in [0, 0.05) is 5.56 Å². The fraction of sp³-hybridized carbons (Fsp3) is 0.364. The number of aliphatic hydroxyl groups is 1. The third-order valence-corrected chi connectivity index (χ3v) is 2.16. The van der Waals surface area contributed by atoms with Gasteiger partial charge >= 0.3 is 0 Å². The van der Waals surface area contributed by atoms with Gasteiger partial charge in [-0.2, -0.15) is 0 Å². The molecule has 82 valence electrons. The van der Waals surface area contributed by atoms with E-state index < -0.39 is 12.0 Å². The van der Waals surface area contributed by atoms with Crippen molar-refractivity contribution in [2.75, 3.05) is 0 Å². The molecule has 0 radical (unpaired) electrons. The SMILES string of the molecule is Cc1cccc(CO)c1OC(C)C(N)=O. The van der Waals surface area contributed by atoms with E-state index in [1.54, 1.807) is 13.0 Å². The largest absolute Gasteiger partial charge is 0.480 e. The van der Waals surface area contributed by atoms with Gasteiger partial charge in [-0.25, -0.2) is 0 Å². The third-order valence-electron chi connectivity index (χ3n) is 2.16. The average Bonchev–Trinajstić information content (AvgIpc) is 2.20. The number of carbonyl (C=O) groups excluding carboxylic acids is 1. The van der Waals surface area contributed by atoms with E-state index >= 15 is 0 Å². The molecule has 1 unspecified atom stereocenters. The summed E-state index contributed by atoms with van der Waals surface area (Å²) in [6.45, 7) is 3.31. The zero-order chi connectivity index (χ0) is 11.4. The van der Waals surface area contributed by atoms with E-state index in [1.807, 2.05) is 19.1 Å². The molecule has 1 amide bonds. The van der Waals surface area contributed by atoms with Crippen molar-refractivity contribution < 1.29 is 14.6 Å². The Bertz CT molecular complexity index is 363. The highest BCUT2D eigenvalue weighted by atomic mass is 16.5. The molecule has 0 bridgehead atoms. The van der Waals surface area contributed by atoms with Gasteiger partial charge in [0.25, 0.3) is 5.91 Å². The van der Waals surface area contributed by atoms with Crippen molar-refractivity contribution in [3.63, 3.8) is 0 Å². The summed E-state index contributed by atoms with van der Waals surface area (Å²) in [5.41, 5.74) is 6.62. The molecule has 0 saturated heterocycles. The van der Waals surface area contributed by atoms with Crippen LogP contribution in [-0.4, -0.2) is 17.1 Å². The minimum absolute atomic E-state index is 0.123. The Morgan fingerprint density at radius 3 is 2.80 bits per heavy atom. The molecule has 0 fully saturated rings. The topological polar surface area (TPSA) is 72.6 Å². The van der Waals surface area contributed by atoms with E-state index in [1.165, 1.54) is 0 Å². The minimum atomic E-state index is -0.698. The Morgan fingerprint density at radius 2 is 2.27 bits per heavy atom. The summed E-state index contributed by atoms with van der Waals surface area (Å²) in [4.78, 5) is 10.8. The van der Waals surface area contributed by atoms with Crippen LogP contribution in [0.25, 0.3) is 0 Å². The molecule has 1 atom stereocenters. The number of ether oxygens (including phenoxy) is 1. The second-order valence-electron chi connectivity index (χ2n) is 3.38. The number of primary amides is 1. The van der Waals surface area contributed by atoms with Crippen LogP contribution in [0, 0.1) is 6.92 Å². The van der Waals surface area contributed by atoms with E-state index in [4.69, 9.17) is 15.6 Å². The molecule has 0 saturated carbocycles. The Balaban J connectivity index is 2.97. The molecule has 4 nitrogen and oxygen atoms in total. The molecule has 3 N–H and O–H groups in total. The number of aryl methyl sites for hydroxylation is 1. The van der Waals surface area contributed by atoms with Crippen LogP contribution in [0.5, 0.6) is 5.75 Å². The van der Waals surface area contributed by atoms with Gasteiger partial charge in [0.15, 0.2) is 6.10 Å². The highest BCUT2D eigenvalue weighted by Gasteiger charge is 2.14. The maximum atomic E-state index is 10.8. The number of nitrogens with two attached hydrogens (primary N) is 1. The first-order chi connectivity index (χ1) is 7.06. The number of carbonyl (C=O) groups is 1. The Morgan fingerprint density at radius 1 is 1.60 bits per heavy atom. The van der Waals surface area contributed by atoms with Gasteiger partial charge in [0.1, 0.15) is 5.75 Å². The van der Waals surface area contributed by atoms with Crippen LogP contribution in [-0.2, 0) is 11.4 Å². The van der Waals surface area contributed by atoms with Crippen LogP contribution in [0.4, 0.5) is 0 Å². The maximum Gasteiger partial charge on any atom is 0.258 e. The summed E-state index contributed by atoms with van der Waals surface area (Å²) in [5.74, 6) is 0.00782. The second kappa shape index (κ2) is 4.79. The van der Waals surface area contributed by atoms with Crippen molar-refractivity contribution in [1.82, 2.24) is 0 Å². The van der Waals surface area contributed by atoms with Gasteiger partial charge in [-0.1, -0.05) is 18.2 Å². The van der Waals surface area contributed by atoms with Crippen molar-refractivity contribution in [1.29, 1.82) is 0 Å². The second-order valence-corrected chi connectivity index (χ2v) is 3.38. The zero-order valence-corrected chi connectivity index (χ0v) is 8.86. The molecule has 1 aromatic rings. The lowest BCUT2D eigenvalue weighted by atomic mass is 10.1. The van der Waals surface area contributed by atoms with E-state index in [9.17, 15) is 4.79 Å². The minimum Gasteiger partial charge on any atom is -0.480 e. The van der Waals surface area contributed by atoms with Crippen LogP contribution in [0.15, 0.2) is 18.2 Å². The summed E-state index contributed by atoms with van der Waals surface area (Å²) in [6.07, 6.45) is -0.698. The highest BCUT2D eigenvalue weighted by molar-refractivity contribution is 5.78. The Labute approximate surface area is 88.7 Å². The average molecular weight is 209 g/mol. The molecular weight excluding hydrogens is 194 g/mol. The predicted molar refractivity (Wildman–Crippen MR) is 56.4 cm³/mol. The first-order valence-electron chi connectivity index (χ1n) is 4.71. The van der Waals surface area contributed by atoms with E-state index in [-0.39, 0.29) is 6.61 Å². The molecule has 0 aliphatic rings. The first kappa shape index (κ1) is 11.5. The maximum absolute atomic E-state index is 10.8. The lowest BCUT2D eigenvalue weighted by Crippen LogP contribution is -2.31. The van der Waals surface area contributed by atoms with Gasteiger partial charge in [0.2, 0.25) is 0 Å². The summed E-state index contributed by atoms with van der Waals surface area (Å²) in [6, 6.07) is 5.42. The smallest absolute Gasteiger partial charge is 0.258 e. The van der Waals surface area contributed by atoms with Crippen molar-refractivity contribution in [2.24, 2.45) is 5.73 Å². The summed E-state index contributed by atoms with van der Waals surface area (Å²) in [5, 5.41) is 9.10. The molecule has 0 spiro atoms. The molecule has 1 rings (SSSR count). The lowest BCUT2D eigenvalue weighted by Gasteiger charge is -2.16. The van der Waals surface area contributed by atoms with E-state index in [0.717, 1.165) is 5.56 Å². The number of hydrogen-bond donors (Lipinski definition) is 2. The molecule has 0 aliphatic heterocycles. The van der Waals surface area contributed by atoms with Crippen molar-refractivity contribution in [3.8, 4) is 5.75 Å². The van der Waals surface area contributed by atoms with Crippen molar-refractivity contribution in [3.05, 3.63) is 29.3 Å². The third kappa shape index (κ3) is 2.70. The van der Waals surface area contributed by atoms with Crippen LogP contribution in [0.1, 0.15) is 18.1 Å². The highest BCUT2D eigenvalue weighted by Crippen LogP contribution is 2.24. The van der Waals surface area contributed by atoms with Crippen molar-refractivity contribution >= 4 is 5.91 Å². The monoisotopic (exact) mass is 209 g/mol. The standard InChI is InChI=1S/C11H15NO3/c1-7-4-3-5-9(6-13)10(7)15-8(2)11(12)14/h3-5,8,13H,6H2,1-2H3,(H2,12,14). The molecule has 4 heteroatoms. The lowest BCUT2D eigenvalue weighted by molar-refractivity contribution is -0.124. The molecule has 0 aromatic heterocycles. The predicted octanol–water partition coefficient (Wildman–Crippen LogP) is 0.740. The number of para-hydroxylation sites is 1. The Kier molecular flexibility index (Phi) is 3.68. The fourth-order valence-corrected chi connectivity index (χ4v) is 1.24. The quantitative estimate of drug-likeness (QED) is 0.768. The molecule has 1 aromatic carbocycles. The zero-order valence-electron chi connectivity index (χ0n) is 8.86. The molecule has 15 heavy (non-hydrogen) atoms. The first-order valence-corrected chi connectivity index (χ1v) is 4.71. The van der Waals surface area contributed by atoms with Crippen LogP contribution < -0.4 is 10.5 Å². The summed E-state index contributed by atoms with van der Waals surface area (Å²) in [7, 11) is 0. The number of hydrogen-bond acceptors (Lipinski definition) is 3. The number of amides is 1. The van der Waals surface area contributed by atoms with Gasteiger partial charge < -0.3 is 15.6 Å². The van der Waals surface area contributed by atoms with Crippen LogP contribution in [0.3, 0.4) is 0 Å².